The topological polar surface area (TPSA) is 51.5 Å². The molecule has 3 atom stereocenters. The van der Waals surface area contributed by atoms with Crippen molar-refractivity contribution in [3.05, 3.63) is 78.4 Å². The Morgan fingerprint density at radius 1 is 1.16 bits per heavy atom. The predicted molar refractivity (Wildman–Crippen MR) is 123 cm³/mol. The molecule has 0 spiro atoms. The van der Waals surface area contributed by atoms with E-state index < -0.39 is 0 Å². The van der Waals surface area contributed by atoms with Gasteiger partial charge in [-0.05, 0) is 61.5 Å². The number of nitrogens with one attached hydrogen (secondary N) is 1. The molecule has 0 radical (unpaired) electrons. The van der Waals surface area contributed by atoms with E-state index in [9.17, 15) is 0 Å². The third-order valence-electron chi connectivity index (χ3n) is 6.05. The lowest BCUT2D eigenvalue weighted by Crippen LogP contribution is -2.36. The Kier molecular flexibility index (Phi) is 5.61. The van der Waals surface area contributed by atoms with Crippen LogP contribution in [0.4, 0.5) is 0 Å². The maximum Gasteiger partial charge on any atom is 0.170 e. The zero-order chi connectivity index (χ0) is 21.2. The van der Waals surface area contributed by atoms with Crippen molar-refractivity contribution in [3.63, 3.8) is 0 Å². The molecular weight excluding hydrogens is 408 g/mol. The third-order valence-corrected chi connectivity index (χ3v) is 6.40. The van der Waals surface area contributed by atoms with Crippen molar-refractivity contribution in [2.75, 3.05) is 20.3 Å². The van der Waals surface area contributed by atoms with Crippen LogP contribution in [0, 0.1) is 0 Å². The highest BCUT2D eigenvalue weighted by Crippen LogP contribution is 2.41. The van der Waals surface area contributed by atoms with Crippen LogP contribution in [-0.4, -0.2) is 45.9 Å². The summed E-state index contributed by atoms with van der Waals surface area (Å²) < 4.78 is 13.8. The van der Waals surface area contributed by atoms with Crippen LogP contribution in [0.3, 0.4) is 0 Å². The summed E-state index contributed by atoms with van der Waals surface area (Å²) in [5, 5.41) is 4.27. The van der Waals surface area contributed by atoms with Crippen molar-refractivity contribution in [1.82, 2.24) is 19.8 Å². The van der Waals surface area contributed by atoms with E-state index in [0.717, 1.165) is 53.9 Å². The van der Waals surface area contributed by atoms with Gasteiger partial charge in [-0.25, -0.2) is 0 Å². The van der Waals surface area contributed by atoms with Crippen molar-refractivity contribution in [1.29, 1.82) is 0 Å². The summed E-state index contributed by atoms with van der Waals surface area (Å²) in [6.45, 7) is 1.58. The molecule has 0 bridgehead atoms. The lowest BCUT2D eigenvalue weighted by molar-refractivity contribution is 0.0836. The Balaban J connectivity index is 1.59. The quantitative estimate of drug-likeness (QED) is 0.591. The van der Waals surface area contributed by atoms with Gasteiger partial charge in [-0.3, -0.25) is 4.98 Å². The first-order valence-electron chi connectivity index (χ1n) is 10.7. The Morgan fingerprint density at radius 3 is 2.81 bits per heavy atom. The molecule has 31 heavy (non-hydrogen) atoms. The van der Waals surface area contributed by atoms with Crippen molar-refractivity contribution in [2.45, 2.75) is 31.0 Å². The minimum absolute atomic E-state index is 0.0217. The molecular formula is C24H26N4O2S. The number of para-hydroxylation sites is 2. The maximum atomic E-state index is 5.95. The Morgan fingerprint density at radius 2 is 2.03 bits per heavy atom. The summed E-state index contributed by atoms with van der Waals surface area (Å²) in [5.74, 6) is 0.827. The van der Waals surface area contributed by atoms with Crippen LogP contribution < -0.4 is 10.1 Å². The van der Waals surface area contributed by atoms with Gasteiger partial charge in [0, 0.05) is 31.2 Å². The number of aromatic nitrogens is 2. The molecule has 2 aliphatic rings. The van der Waals surface area contributed by atoms with E-state index in [4.69, 9.17) is 21.7 Å². The molecule has 7 heteroatoms. The average molecular weight is 435 g/mol. The summed E-state index contributed by atoms with van der Waals surface area (Å²) in [5.41, 5.74) is 3.10. The molecule has 160 valence electrons. The lowest BCUT2D eigenvalue weighted by Gasteiger charge is -2.30. The minimum atomic E-state index is -0.0570. The molecule has 6 nitrogen and oxygen atoms in total. The Labute approximate surface area is 187 Å². The number of ether oxygens (including phenoxy) is 2. The van der Waals surface area contributed by atoms with Crippen LogP contribution in [0.5, 0.6) is 5.75 Å². The first-order valence-corrected chi connectivity index (χ1v) is 11.1. The first kappa shape index (κ1) is 20.0. The third kappa shape index (κ3) is 3.79. The van der Waals surface area contributed by atoms with Gasteiger partial charge >= 0.3 is 0 Å². The zero-order valence-electron chi connectivity index (χ0n) is 17.5. The summed E-state index contributed by atoms with van der Waals surface area (Å²) in [6, 6.07) is 18.2. The van der Waals surface area contributed by atoms with Crippen LogP contribution in [0.25, 0.3) is 5.69 Å². The van der Waals surface area contributed by atoms with Crippen LogP contribution in [0.15, 0.2) is 67.0 Å². The first-order chi connectivity index (χ1) is 15.3. The highest BCUT2D eigenvalue weighted by molar-refractivity contribution is 7.80. The summed E-state index contributed by atoms with van der Waals surface area (Å²) >= 11 is 5.81. The van der Waals surface area contributed by atoms with Gasteiger partial charge in [0.15, 0.2) is 5.11 Å². The molecule has 2 aliphatic heterocycles. The molecule has 0 amide bonds. The van der Waals surface area contributed by atoms with E-state index in [1.807, 2.05) is 36.5 Å². The van der Waals surface area contributed by atoms with E-state index in [2.05, 4.69) is 50.2 Å². The molecule has 2 saturated heterocycles. The highest BCUT2D eigenvalue weighted by atomic mass is 32.1. The smallest absolute Gasteiger partial charge is 0.170 e. The van der Waals surface area contributed by atoms with Gasteiger partial charge in [-0.2, -0.15) is 0 Å². The van der Waals surface area contributed by atoms with Gasteiger partial charge in [0.1, 0.15) is 5.75 Å². The second-order valence-electron chi connectivity index (χ2n) is 7.89. The van der Waals surface area contributed by atoms with Crippen LogP contribution in [0.2, 0.25) is 0 Å². The predicted octanol–water partition coefficient (Wildman–Crippen LogP) is 4.03. The maximum absolute atomic E-state index is 5.95. The standard InChI is InChI=1S/C24H26N4O2S/c1-29-21-12-3-2-10-19(21)27-14-6-11-20(27)23-22(18-9-4-5-13-25-18)26-24(31)28(23)16-17-8-7-15-30-17/h2-6,9-14,17,22-23H,7-8,15-16H2,1H3,(H,26,31)/t17-,22-,23+/m0/s1. The van der Waals surface area contributed by atoms with Gasteiger partial charge in [-0.1, -0.05) is 18.2 Å². The fourth-order valence-corrected chi connectivity index (χ4v) is 4.93. The van der Waals surface area contributed by atoms with E-state index in [1.165, 1.54) is 0 Å². The van der Waals surface area contributed by atoms with Gasteiger partial charge < -0.3 is 24.3 Å². The van der Waals surface area contributed by atoms with Crippen LogP contribution in [-0.2, 0) is 4.74 Å². The van der Waals surface area contributed by atoms with E-state index in [-0.39, 0.29) is 18.2 Å². The number of rotatable bonds is 6. The zero-order valence-corrected chi connectivity index (χ0v) is 18.3. The van der Waals surface area contributed by atoms with Gasteiger partial charge in [0.2, 0.25) is 0 Å². The highest BCUT2D eigenvalue weighted by Gasteiger charge is 2.42. The van der Waals surface area contributed by atoms with Crippen molar-refractivity contribution in [2.24, 2.45) is 0 Å². The lowest BCUT2D eigenvalue weighted by atomic mass is 10.0. The minimum Gasteiger partial charge on any atom is -0.495 e. The number of hydrogen-bond donors (Lipinski definition) is 1. The largest absolute Gasteiger partial charge is 0.495 e. The fourth-order valence-electron chi connectivity index (χ4n) is 4.61. The molecule has 2 fully saturated rings. The van der Waals surface area contributed by atoms with Crippen molar-refractivity contribution < 1.29 is 9.47 Å². The molecule has 4 heterocycles. The van der Waals surface area contributed by atoms with Crippen LogP contribution >= 0.6 is 12.2 Å². The number of thiocarbonyl (C=S) groups is 1. The number of hydrogen-bond acceptors (Lipinski definition) is 4. The summed E-state index contributed by atoms with van der Waals surface area (Å²) in [7, 11) is 1.70. The monoisotopic (exact) mass is 434 g/mol. The second-order valence-corrected chi connectivity index (χ2v) is 8.28. The van der Waals surface area contributed by atoms with E-state index >= 15 is 0 Å². The van der Waals surface area contributed by atoms with Crippen molar-refractivity contribution in [3.8, 4) is 11.4 Å². The van der Waals surface area contributed by atoms with E-state index in [1.54, 1.807) is 7.11 Å². The number of benzene rings is 1. The molecule has 0 aliphatic carbocycles. The Hall–Kier alpha value is -2.90. The molecule has 0 saturated carbocycles. The Bertz CT molecular complexity index is 1050. The number of nitrogens with zero attached hydrogens (tertiary/aromatic N) is 3. The molecule has 0 unspecified atom stereocenters. The fraction of sp³-hybridized carbons (Fsp3) is 0.333. The van der Waals surface area contributed by atoms with Gasteiger partial charge in [-0.15, -0.1) is 0 Å². The molecule has 1 aromatic carbocycles. The molecule has 2 aromatic heterocycles. The van der Waals surface area contributed by atoms with E-state index in [0.29, 0.717) is 0 Å². The van der Waals surface area contributed by atoms with Gasteiger partial charge in [0.25, 0.3) is 0 Å². The van der Waals surface area contributed by atoms with Crippen molar-refractivity contribution >= 4 is 17.3 Å². The SMILES string of the molecule is COc1ccccc1-n1cccc1[C@@H]1[C@H](c2ccccn2)NC(=S)N1C[C@@H]1CCCO1. The molecule has 5 rings (SSSR count). The summed E-state index contributed by atoms with van der Waals surface area (Å²) in [4.78, 5) is 6.91. The second kappa shape index (κ2) is 8.69. The van der Waals surface area contributed by atoms with Gasteiger partial charge in [0.05, 0.1) is 36.7 Å². The molecule has 3 aromatic rings. The van der Waals surface area contributed by atoms with Crippen LogP contribution in [0.1, 0.15) is 36.3 Å². The summed E-state index contributed by atoms with van der Waals surface area (Å²) in [6.07, 6.45) is 6.27. The number of pyridine rings is 1. The number of methoxy groups -OCH3 is 1. The normalized spacial score (nSPS) is 23.2. The molecule has 1 N–H and O–H groups in total. The average Bonchev–Trinajstić information content (AvgIpc) is 3.56.